The maximum absolute atomic E-state index is 13.0. The molecule has 3 aromatic carbocycles. The molecule has 35 heavy (non-hydrogen) atoms. The topological polar surface area (TPSA) is 138 Å². The van der Waals surface area contributed by atoms with Crippen LogP contribution < -0.4 is 9.64 Å². The molecule has 12 heteroatoms. The summed E-state index contributed by atoms with van der Waals surface area (Å²) in [7, 11) is -4.74. The SMILES string of the molecule is CCN(CCOc1ccc(S(=O)(=O)F)cc1)c1ccc(N=Nc2ccc([N+](=O)[O-])cc2C#N)cc1. The lowest BCUT2D eigenvalue weighted by Gasteiger charge is -2.23. The lowest BCUT2D eigenvalue weighted by molar-refractivity contribution is -0.384. The number of halogens is 1. The molecule has 3 rings (SSSR count). The predicted molar refractivity (Wildman–Crippen MR) is 127 cm³/mol. The lowest BCUT2D eigenvalue weighted by atomic mass is 10.2. The summed E-state index contributed by atoms with van der Waals surface area (Å²) in [5.41, 5.74) is 1.52. The molecular weight excluding hydrogens is 477 g/mol. The minimum absolute atomic E-state index is 0.0534. The highest BCUT2D eigenvalue weighted by Crippen LogP contribution is 2.27. The highest BCUT2D eigenvalue weighted by Gasteiger charge is 2.12. The van der Waals surface area contributed by atoms with Gasteiger partial charge in [0.15, 0.2) is 0 Å². The number of nitro groups is 1. The van der Waals surface area contributed by atoms with Crippen molar-refractivity contribution in [1.29, 1.82) is 5.26 Å². The summed E-state index contributed by atoms with van der Waals surface area (Å²) in [6.45, 7) is 3.52. The Morgan fingerprint density at radius 3 is 2.34 bits per heavy atom. The number of hydrogen-bond donors (Lipinski definition) is 0. The third-order valence-electron chi connectivity index (χ3n) is 4.92. The molecule has 0 bridgehead atoms. The van der Waals surface area contributed by atoms with Gasteiger partial charge >= 0.3 is 10.2 Å². The summed E-state index contributed by atoms with van der Waals surface area (Å²) < 4.78 is 40.3. The minimum atomic E-state index is -4.74. The maximum Gasteiger partial charge on any atom is 0.332 e. The molecule has 0 aliphatic rings. The van der Waals surface area contributed by atoms with E-state index in [0.717, 1.165) is 23.9 Å². The Morgan fingerprint density at radius 1 is 1.09 bits per heavy atom. The van der Waals surface area contributed by atoms with Crippen molar-refractivity contribution in [2.45, 2.75) is 11.8 Å². The van der Waals surface area contributed by atoms with Crippen molar-refractivity contribution in [2.24, 2.45) is 10.2 Å². The van der Waals surface area contributed by atoms with E-state index in [9.17, 15) is 27.7 Å². The van der Waals surface area contributed by atoms with Crippen molar-refractivity contribution in [3.63, 3.8) is 0 Å². The van der Waals surface area contributed by atoms with Gasteiger partial charge in [0.2, 0.25) is 0 Å². The first kappa shape index (κ1) is 25.3. The van der Waals surface area contributed by atoms with E-state index in [1.807, 2.05) is 30.0 Å². The molecule has 10 nitrogen and oxygen atoms in total. The first-order chi connectivity index (χ1) is 16.7. The molecule has 0 amide bonds. The molecule has 0 unspecified atom stereocenters. The van der Waals surface area contributed by atoms with Gasteiger partial charge in [0.1, 0.15) is 24.1 Å². The zero-order valence-corrected chi connectivity index (χ0v) is 19.4. The molecule has 0 aliphatic carbocycles. The van der Waals surface area contributed by atoms with E-state index in [2.05, 4.69) is 10.2 Å². The van der Waals surface area contributed by atoms with E-state index in [0.29, 0.717) is 31.1 Å². The molecule has 0 radical (unpaired) electrons. The number of non-ortho nitro benzene ring substituents is 1. The number of anilines is 1. The molecule has 0 atom stereocenters. The molecule has 0 saturated carbocycles. The van der Waals surface area contributed by atoms with Crippen LogP contribution in [0.5, 0.6) is 5.75 Å². The summed E-state index contributed by atoms with van der Waals surface area (Å²) in [6, 6.07) is 17.9. The number of nitrogens with zero attached hydrogens (tertiary/aromatic N) is 5. The molecule has 0 aliphatic heterocycles. The fraction of sp³-hybridized carbons (Fsp3) is 0.174. The summed E-state index contributed by atoms with van der Waals surface area (Å²) in [4.78, 5) is 11.9. The van der Waals surface area contributed by atoms with Crippen LogP contribution in [0.1, 0.15) is 12.5 Å². The average Bonchev–Trinajstić information content (AvgIpc) is 2.85. The van der Waals surface area contributed by atoms with Gasteiger partial charge in [0, 0.05) is 24.4 Å². The highest BCUT2D eigenvalue weighted by molar-refractivity contribution is 7.86. The number of benzene rings is 3. The number of nitro benzene ring substituents is 1. The van der Waals surface area contributed by atoms with Gasteiger partial charge in [-0.15, -0.1) is 9.00 Å². The Bertz CT molecular complexity index is 1370. The number of likely N-dealkylation sites (N-methyl/N-ethyl adjacent to an activating group) is 1. The van der Waals surface area contributed by atoms with Crippen LogP contribution >= 0.6 is 0 Å². The summed E-state index contributed by atoms with van der Waals surface area (Å²) in [6.07, 6.45) is 0. The third kappa shape index (κ3) is 6.81. The Balaban J connectivity index is 1.61. The van der Waals surface area contributed by atoms with Crippen molar-refractivity contribution in [1.82, 2.24) is 0 Å². The lowest BCUT2D eigenvalue weighted by Crippen LogP contribution is -2.27. The normalized spacial score (nSPS) is 11.2. The van der Waals surface area contributed by atoms with Crippen LogP contribution in [0.25, 0.3) is 0 Å². The molecular formula is C23H20FN5O5S. The highest BCUT2D eigenvalue weighted by atomic mass is 32.3. The fourth-order valence-electron chi connectivity index (χ4n) is 3.10. The Labute approximate surface area is 201 Å². The fourth-order valence-corrected chi connectivity index (χ4v) is 3.56. The molecule has 0 spiro atoms. The number of ether oxygens (including phenoxy) is 1. The molecule has 0 N–H and O–H groups in total. The van der Waals surface area contributed by atoms with Crippen molar-refractivity contribution in [3.05, 3.63) is 82.4 Å². The molecule has 0 fully saturated rings. The molecule has 0 heterocycles. The number of nitriles is 1. The number of rotatable bonds is 10. The van der Waals surface area contributed by atoms with E-state index < -0.39 is 20.0 Å². The second kappa shape index (κ2) is 11.2. The van der Waals surface area contributed by atoms with Crippen LogP contribution in [0.15, 0.2) is 81.9 Å². The van der Waals surface area contributed by atoms with Crippen LogP contribution in [-0.2, 0) is 10.2 Å². The third-order valence-corrected chi connectivity index (χ3v) is 5.75. The van der Waals surface area contributed by atoms with Crippen LogP contribution in [0.4, 0.5) is 26.6 Å². The molecule has 180 valence electrons. The van der Waals surface area contributed by atoms with Gasteiger partial charge in [-0.1, -0.05) is 0 Å². The van der Waals surface area contributed by atoms with Crippen LogP contribution in [0, 0.1) is 21.4 Å². The number of hydrogen-bond acceptors (Lipinski definition) is 9. The quantitative estimate of drug-likeness (QED) is 0.157. The van der Waals surface area contributed by atoms with Crippen molar-refractivity contribution >= 4 is 33.0 Å². The zero-order chi connectivity index (χ0) is 25.4. The molecule has 3 aromatic rings. The van der Waals surface area contributed by atoms with Gasteiger partial charge < -0.3 is 9.64 Å². The van der Waals surface area contributed by atoms with Crippen molar-refractivity contribution < 1.29 is 22.0 Å². The first-order valence-corrected chi connectivity index (χ1v) is 11.7. The van der Waals surface area contributed by atoms with Gasteiger partial charge in [-0.2, -0.15) is 18.8 Å². The second-order valence-electron chi connectivity index (χ2n) is 7.12. The Morgan fingerprint density at radius 2 is 1.77 bits per heavy atom. The van der Waals surface area contributed by atoms with Crippen molar-refractivity contribution in [3.8, 4) is 11.8 Å². The predicted octanol–water partition coefficient (Wildman–Crippen LogP) is 5.45. The summed E-state index contributed by atoms with van der Waals surface area (Å²) >= 11 is 0. The molecule has 0 saturated heterocycles. The number of azo groups is 1. The van der Waals surface area contributed by atoms with Crippen molar-refractivity contribution in [2.75, 3.05) is 24.6 Å². The van der Waals surface area contributed by atoms with E-state index in [1.54, 1.807) is 12.1 Å². The van der Waals surface area contributed by atoms with Gasteiger partial charge in [-0.3, -0.25) is 10.1 Å². The largest absolute Gasteiger partial charge is 0.492 e. The molecule has 0 aromatic heterocycles. The van der Waals surface area contributed by atoms with Crippen LogP contribution in [0.2, 0.25) is 0 Å². The maximum atomic E-state index is 13.0. The first-order valence-electron chi connectivity index (χ1n) is 10.3. The van der Waals surface area contributed by atoms with E-state index in [1.165, 1.54) is 24.3 Å². The van der Waals surface area contributed by atoms with Gasteiger partial charge in [-0.05, 0) is 61.5 Å². The standard InChI is InChI=1S/C23H20FN5O5S/c1-2-28(13-14-34-21-8-10-22(11-9-21)35(24,32)33)19-5-3-18(4-6-19)26-27-23-12-7-20(29(30)31)15-17(23)16-25/h3-12,15H,2,13-14H2,1H3. The van der Waals surface area contributed by atoms with Crippen LogP contribution in [0.3, 0.4) is 0 Å². The Hall–Kier alpha value is -4.37. The second-order valence-corrected chi connectivity index (χ2v) is 8.47. The monoisotopic (exact) mass is 497 g/mol. The summed E-state index contributed by atoms with van der Waals surface area (Å²) in [5.74, 6) is 0.423. The van der Waals surface area contributed by atoms with Crippen LogP contribution in [-0.4, -0.2) is 33.0 Å². The smallest absolute Gasteiger partial charge is 0.332 e. The van der Waals surface area contributed by atoms with E-state index in [4.69, 9.17) is 4.74 Å². The zero-order valence-electron chi connectivity index (χ0n) is 18.5. The Kier molecular flexibility index (Phi) is 8.06. The van der Waals surface area contributed by atoms with Gasteiger partial charge in [-0.25, -0.2) is 0 Å². The van der Waals surface area contributed by atoms with Gasteiger partial charge in [0.05, 0.1) is 27.6 Å². The van der Waals surface area contributed by atoms with E-state index in [-0.39, 0.29) is 16.9 Å². The minimum Gasteiger partial charge on any atom is -0.492 e. The van der Waals surface area contributed by atoms with E-state index >= 15 is 0 Å². The summed E-state index contributed by atoms with van der Waals surface area (Å²) in [5, 5.41) is 28.2. The average molecular weight is 498 g/mol. The van der Waals surface area contributed by atoms with Gasteiger partial charge in [0.25, 0.3) is 5.69 Å².